The second-order valence-corrected chi connectivity index (χ2v) is 7.68. The maximum atomic E-state index is 12.1. The summed E-state index contributed by atoms with van der Waals surface area (Å²) < 4.78 is 24.2. The van der Waals surface area contributed by atoms with Crippen molar-refractivity contribution in [2.45, 2.75) is 11.5 Å². The molecule has 0 atom stereocenters. The predicted octanol–water partition coefficient (Wildman–Crippen LogP) is 2.85. The first-order chi connectivity index (χ1) is 9.75. The van der Waals surface area contributed by atoms with Crippen LogP contribution in [0, 0.1) is 0 Å². The number of benzene rings is 1. The van der Waals surface area contributed by atoms with Crippen molar-refractivity contribution in [1.82, 2.24) is 10.2 Å². The molecular formula is C12H9Cl3N2O3S. The van der Waals surface area contributed by atoms with Gasteiger partial charge in [0.25, 0.3) is 0 Å². The lowest BCUT2D eigenvalue weighted by atomic mass is 10.2. The highest BCUT2D eigenvalue weighted by Gasteiger charge is 2.17. The van der Waals surface area contributed by atoms with Gasteiger partial charge in [0.05, 0.1) is 11.5 Å². The Bertz CT molecular complexity index is 814. The first kappa shape index (κ1) is 16.3. The Labute approximate surface area is 135 Å². The number of aromatic amines is 1. The standard InChI is InChI=1S/C12H9Cl3N2O3S/c13-8-1-7(2-9(14)3-8)5-21(19,20)6-10-11(18)4-12(15)17-16-10/h1-4H,5-6H2,(H,17,18). The summed E-state index contributed by atoms with van der Waals surface area (Å²) in [6.07, 6.45) is 0. The molecule has 0 radical (unpaired) electrons. The molecule has 1 aromatic heterocycles. The highest BCUT2D eigenvalue weighted by atomic mass is 35.5. The molecule has 0 saturated carbocycles. The second-order valence-electron chi connectivity index (χ2n) is 4.34. The van der Waals surface area contributed by atoms with E-state index < -0.39 is 21.0 Å². The zero-order valence-corrected chi connectivity index (χ0v) is 13.5. The van der Waals surface area contributed by atoms with E-state index in [-0.39, 0.29) is 16.6 Å². The van der Waals surface area contributed by atoms with Crippen molar-refractivity contribution in [1.29, 1.82) is 0 Å². The van der Waals surface area contributed by atoms with Crippen molar-refractivity contribution in [2.24, 2.45) is 0 Å². The van der Waals surface area contributed by atoms with E-state index in [2.05, 4.69) is 10.2 Å². The van der Waals surface area contributed by atoms with Gasteiger partial charge in [-0.15, -0.1) is 0 Å². The SMILES string of the molecule is O=c1cc(Cl)[nH]nc1CS(=O)(=O)Cc1cc(Cl)cc(Cl)c1. The van der Waals surface area contributed by atoms with Crippen LogP contribution < -0.4 is 5.43 Å². The molecular weight excluding hydrogens is 359 g/mol. The van der Waals surface area contributed by atoms with Crippen LogP contribution in [-0.2, 0) is 21.3 Å². The number of sulfone groups is 1. The number of hydrogen-bond acceptors (Lipinski definition) is 4. The fourth-order valence-corrected chi connectivity index (χ4v) is 3.83. The summed E-state index contributed by atoms with van der Waals surface area (Å²) >= 11 is 17.2. The fraction of sp³-hybridized carbons (Fsp3) is 0.167. The van der Waals surface area contributed by atoms with Gasteiger partial charge in [-0.1, -0.05) is 34.8 Å². The maximum absolute atomic E-state index is 12.1. The van der Waals surface area contributed by atoms with Crippen molar-refractivity contribution >= 4 is 44.6 Å². The first-order valence-corrected chi connectivity index (χ1v) is 8.60. The molecule has 2 aromatic rings. The summed E-state index contributed by atoms with van der Waals surface area (Å²) in [5, 5.41) is 6.72. The third kappa shape index (κ3) is 4.71. The lowest BCUT2D eigenvalue weighted by Crippen LogP contribution is -2.18. The minimum atomic E-state index is -3.60. The van der Waals surface area contributed by atoms with E-state index in [9.17, 15) is 13.2 Å². The molecule has 0 spiro atoms. The zero-order chi connectivity index (χ0) is 15.6. The van der Waals surface area contributed by atoms with Crippen LogP contribution in [-0.4, -0.2) is 18.6 Å². The summed E-state index contributed by atoms with van der Waals surface area (Å²) in [7, 11) is -3.60. The van der Waals surface area contributed by atoms with E-state index in [1.54, 1.807) is 0 Å². The number of nitrogens with zero attached hydrogens (tertiary/aromatic N) is 1. The number of nitrogens with one attached hydrogen (secondary N) is 1. The molecule has 0 aliphatic carbocycles. The van der Waals surface area contributed by atoms with Gasteiger partial charge in [0.15, 0.2) is 9.84 Å². The normalized spacial score (nSPS) is 11.6. The number of hydrogen-bond donors (Lipinski definition) is 1. The average Bonchev–Trinajstić information content (AvgIpc) is 2.30. The van der Waals surface area contributed by atoms with Crippen molar-refractivity contribution in [2.75, 3.05) is 0 Å². The Morgan fingerprint density at radius 1 is 1.00 bits per heavy atom. The Balaban J connectivity index is 2.24. The number of aromatic nitrogens is 2. The highest BCUT2D eigenvalue weighted by Crippen LogP contribution is 2.21. The molecule has 1 heterocycles. The van der Waals surface area contributed by atoms with Crippen LogP contribution in [0.5, 0.6) is 0 Å². The summed E-state index contributed by atoms with van der Waals surface area (Å²) in [5.41, 5.74) is -0.211. The number of H-pyrrole nitrogens is 1. The van der Waals surface area contributed by atoms with Crippen LogP contribution in [0.25, 0.3) is 0 Å². The van der Waals surface area contributed by atoms with Gasteiger partial charge >= 0.3 is 0 Å². The van der Waals surface area contributed by atoms with Gasteiger partial charge < -0.3 is 0 Å². The quantitative estimate of drug-likeness (QED) is 0.901. The summed E-state index contributed by atoms with van der Waals surface area (Å²) in [5.74, 6) is -0.791. The van der Waals surface area contributed by atoms with Crippen LogP contribution >= 0.6 is 34.8 Å². The van der Waals surface area contributed by atoms with E-state index in [0.717, 1.165) is 6.07 Å². The summed E-state index contributed by atoms with van der Waals surface area (Å²) in [4.78, 5) is 11.6. The molecule has 0 unspecified atom stereocenters. The van der Waals surface area contributed by atoms with Gasteiger partial charge in [0, 0.05) is 16.1 Å². The summed E-state index contributed by atoms with van der Waals surface area (Å²) in [6, 6.07) is 5.59. The van der Waals surface area contributed by atoms with Gasteiger partial charge in [-0.25, -0.2) is 8.42 Å². The third-order valence-electron chi connectivity index (χ3n) is 2.51. The number of rotatable bonds is 4. The monoisotopic (exact) mass is 366 g/mol. The van der Waals surface area contributed by atoms with E-state index in [1.165, 1.54) is 18.2 Å². The predicted molar refractivity (Wildman–Crippen MR) is 82.7 cm³/mol. The van der Waals surface area contributed by atoms with Crippen molar-refractivity contribution in [3.05, 3.63) is 60.9 Å². The van der Waals surface area contributed by atoms with Crippen LogP contribution in [0.2, 0.25) is 15.2 Å². The molecule has 0 aliphatic rings. The fourth-order valence-electron chi connectivity index (χ4n) is 1.72. The lowest BCUT2D eigenvalue weighted by Gasteiger charge is -2.05. The summed E-state index contributed by atoms with van der Waals surface area (Å²) in [6.45, 7) is 0. The van der Waals surface area contributed by atoms with Crippen molar-refractivity contribution in [3.63, 3.8) is 0 Å². The Morgan fingerprint density at radius 2 is 1.62 bits per heavy atom. The van der Waals surface area contributed by atoms with Crippen molar-refractivity contribution in [3.8, 4) is 0 Å². The molecule has 2 rings (SSSR count). The maximum Gasteiger partial charge on any atom is 0.205 e. The largest absolute Gasteiger partial charge is 0.288 e. The molecule has 0 fully saturated rings. The Morgan fingerprint density at radius 3 is 2.19 bits per heavy atom. The molecule has 0 saturated heterocycles. The average molecular weight is 368 g/mol. The molecule has 0 bridgehead atoms. The topological polar surface area (TPSA) is 79.9 Å². The van der Waals surface area contributed by atoms with Crippen molar-refractivity contribution < 1.29 is 8.42 Å². The van der Waals surface area contributed by atoms with Gasteiger partial charge in [0.1, 0.15) is 10.8 Å². The lowest BCUT2D eigenvalue weighted by molar-refractivity contribution is 0.593. The molecule has 1 N–H and O–H groups in total. The smallest absolute Gasteiger partial charge is 0.205 e. The van der Waals surface area contributed by atoms with Crippen LogP contribution in [0.4, 0.5) is 0 Å². The molecule has 0 amide bonds. The van der Waals surface area contributed by atoms with E-state index in [4.69, 9.17) is 34.8 Å². The van der Waals surface area contributed by atoms with Crippen LogP contribution in [0.3, 0.4) is 0 Å². The van der Waals surface area contributed by atoms with E-state index in [1.807, 2.05) is 0 Å². The van der Waals surface area contributed by atoms with E-state index in [0.29, 0.717) is 15.6 Å². The highest BCUT2D eigenvalue weighted by molar-refractivity contribution is 7.89. The first-order valence-electron chi connectivity index (χ1n) is 5.65. The Kier molecular flexibility index (Phi) is 4.93. The molecule has 5 nitrogen and oxygen atoms in total. The number of halogens is 3. The van der Waals surface area contributed by atoms with Gasteiger partial charge in [-0.05, 0) is 23.8 Å². The van der Waals surface area contributed by atoms with Gasteiger partial charge in [-0.3, -0.25) is 9.89 Å². The molecule has 9 heteroatoms. The second kappa shape index (κ2) is 6.36. The Hall–Kier alpha value is -1.08. The van der Waals surface area contributed by atoms with E-state index >= 15 is 0 Å². The minimum Gasteiger partial charge on any atom is -0.288 e. The van der Waals surface area contributed by atoms with Crippen LogP contribution in [0.1, 0.15) is 11.3 Å². The molecule has 21 heavy (non-hydrogen) atoms. The van der Waals surface area contributed by atoms with Gasteiger partial charge in [0.2, 0.25) is 5.43 Å². The minimum absolute atomic E-state index is 0.0442. The molecule has 112 valence electrons. The zero-order valence-electron chi connectivity index (χ0n) is 10.4. The molecule has 0 aliphatic heterocycles. The third-order valence-corrected chi connectivity index (χ3v) is 4.62. The van der Waals surface area contributed by atoms with Crippen LogP contribution in [0.15, 0.2) is 29.1 Å². The molecule has 1 aromatic carbocycles. The van der Waals surface area contributed by atoms with Gasteiger partial charge in [-0.2, -0.15) is 5.10 Å².